The van der Waals surface area contributed by atoms with E-state index in [1.54, 1.807) is 26.0 Å². The standard InChI is InChI=1S/C19H18N4O3/c1-12(20-21-18(25)15-10-6-7-11-16(15)24)17-13(2)22-23(19(17)26)14-8-4-3-5-9-14/h3-11,22,24H,1-2H3,(H,21,25). The molecule has 3 aromatic rings. The van der Waals surface area contributed by atoms with Gasteiger partial charge in [-0.2, -0.15) is 5.10 Å². The van der Waals surface area contributed by atoms with Crippen LogP contribution in [0.2, 0.25) is 0 Å². The first-order valence-electron chi connectivity index (χ1n) is 7.99. The first-order chi connectivity index (χ1) is 12.5. The van der Waals surface area contributed by atoms with Crippen LogP contribution in [0.4, 0.5) is 0 Å². The number of phenols is 1. The molecule has 1 aromatic heterocycles. The fraction of sp³-hybridized carbons (Fsp3) is 0.105. The number of H-pyrrole nitrogens is 1. The zero-order valence-corrected chi connectivity index (χ0v) is 14.4. The summed E-state index contributed by atoms with van der Waals surface area (Å²) < 4.78 is 1.43. The maximum atomic E-state index is 12.7. The molecule has 26 heavy (non-hydrogen) atoms. The summed E-state index contributed by atoms with van der Waals surface area (Å²) in [5, 5.41) is 16.7. The van der Waals surface area contributed by atoms with E-state index in [9.17, 15) is 14.7 Å². The third-order valence-electron chi connectivity index (χ3n) is 3.92. The van der Waals surface area contributed by atoms with Gasteiger partial charge in [-0.05, 0) is 38.1 Å². The van der Waals surface area contributed by atoms with Gasteiger partial charge in [0.1, 0.15) is 5.75 Å². The molecule has 0 atom stereocenters. The normalized spacial score (nSPS) is 11.4. The number of nitrogens with zero attached hydrogens (tertiary/aromatic N) is 2. The summed E-state index contributed by atoms with van der Waals surface area (Å²) in [6, 6.07) is 15.3. The van der Waals surface area contributed by atoms with Crippen LogP contribution < -0.4 is 11.0 Å². The summed E-state index contributed by atoms with van der Waals surface area (Å²) in [5.41, 5.74) is 4.31. The lowest BCUT2D eigenvalue weighted by molar-refractivity contribution is 0.0952. The zero-order valence-electron chi connectivity index (χ0n) is 14.4. The first-order valence-corrected chi connectivity index (χ1v) is 7.99. The summed E-state index contributed by atoms with van der Waals surface area (Å²) in [7, 11) is 0. The first kappa shape index (κ1) is 17.2. The SMILES string of the molecule is CC(=NNC(=O)c1ccccc1O)c1c(C)[nH]n(-c2ccccc2)c1=O. The number of hydrazone groups is 1. The van der Waals surface area contributed by atoms with Crippen molar-refractivity contribution in [3.63, 3.8) is 0 Å². The number of benzene rings is 2. The molecule has 0 aliphatic rings. The van der Waals surface area contributed by atoms with Gasteiger partial charge in [0.15, 0.2) is 0 Å². The number of carbonyl (C=O) groups excluding carboxylic acids is 1. The lowest BCUT2D eigenvalue weighted by Crippen LogP contribution is -2.23. The highest BCUT2D eigenvalue weighted by Crippen LogP contribution is 2.15. The molecule has 132 valence electrons. The predicted octanol–water partition coefficient (Wildman–Crippen LogP) is 2.33. The van der Waals surface area contributed by atoms with Crippen molar-refractivity contribution in [1.82, 2.24) is 15.2 Å². The molecule has 2 aromatic carbocycles. The van der Waals surface area contributed by atoms with Crippen molar-refractivity contribution < 1.29 is 9.90 Å². The summed E-state index contributed by atoms with van der Waals surface area (Å²) in [6.07, 6.45) is 0. The van der Waals surface area contributed by atoms with Crippen LogP contribution in [0.5, 0.6) is 5.75 Å². The van der Waals surface area contributed by atoms with E-state index in [1.807, 2.05) is 30.3 Å². The third kappa shape index (κ3) is 3.27. The molecule has 0 aliphatic carbocycles. The highest BCUT2D eigenvalue weighted by Gasteiger charge is 2.16. The second-order valence-electron chi connectivity index (χ2n) is 5.74. The van der Waals surface area contributed by atoms with Crippen LogP contribution in [0.25, 0.3) is 5.69 Å². The van der Waals surface area contributed by atoms with Gasteiger partial charge in [-0.3, -0.25) is 14.7 Å². The molecule has 0 fully saturated rings. The molecule has 0 saturated carbocycles. The van der Waals surface area contributed by atoms with Crippen molar-refractivity contribution in [3.05, 3.63) is 81.8 Å². The number of aromatic hydroxyl groups is 1. The molecule has 0 saturated heterocycles. The van der Waals surface area contributed by atoms with Gasteiger partial charge in [0.05, 0.1) is 22.5 Å². The van der Waals surface area contributed by atoms with E-state index >= 15 is 0 Å². The van der Waals surface area contributed by atoms with Crippen LogP contribution in [0, 0.1) is 6.92 Å². The van der Waals surface area contributed by atoms with E-state index in [-0.39, 0.29) is 16.9 Å². The van der Waals surface area contributed by atoms with Crippen molar-refractivity contribution >= 4 is 11.6 Å². The zero-order chi connectivity index (χ0) is 18.7. The number of rotatable bonds is 4. The number of hydrogen-bond acceptors (Lipinski definition) is 4. The summed E-state index contributed by atoms with van der Waals surface area (Å²) in [4.78, 5) is 24.8. The van der Waals surface area contributed by atoms with E-state index in [4.69, 9.17) is 0 Å². The molecule has 3 N–H and O–H groups in total. The van der Waals surface area contributed by atoms with Crippen LogP contribution in [-0.4, -0.2) is 26.5 Å². The Labute approximate surface area is 149 Å². The van der Waals surface area contributed by atoms with Gasteiger partial charge in [-0.15, -0.1) is 0 Å². The van der Waals surface area contributed by atoms with Crippen LogP contribution in [0.1, 0.15) is 28.5 Å². The minimum Gasteiger partial charge on any atom is -0.507 e. The molecular formula is C19H18N4O3. The minimum atomic E-state index is -0.556. The maximum Gasteiger partial charge on any atom is 0.280 e. The number of aromatic amines is 1. The highest BCUT2D eigenvalue weighted by atomic mass is 16.3. The lowest BCUT2D eigenvalue weighted by atomic mass is 10.2. The van der Waals surface area contributed by atoms with Crippen LogP contribution in [0.3, 0.4) is 0 Å². The van der Waals surface area contributed by atoms with Gasteiger partial charge in [0, 0.05) is 5.69 Å². The smallest absolute Gasteiger partial charge is 0.280 e. The molecule has 0 spiro atoms. The number of carbonyl (C=O) groups is 1. The van der Waals surface area contributed by atoms with Crippen LogP contribution >= 0.6 is 0 Å². The molecule has 0 unspecified atom stereocenters. The molecule has 7 heteroatoms. The fourth-order valence-electron chi connectivity index (χ4n) is 2.65. The van der Waals surface area contributed by atoms with Gasteiger partial charge in [-0.25, -0.2) is 10.1 Å². The molecular weight excluding hydrogens is 332 g/mol. The Kier molecular flexibility index (Phi) is 4.70. The van der Waals surface area contributed by atoms with Crippen LogP contribution in [-0.2, 0) is 0 Å². The van der Waals surface area contributed by atoms with Crippen molar-refractivity contribution in [3.8, 4) is 11.4 Å². The number of aromatic nitrogens is 2. The fourth-order valence-corrected chi connectivity index (χ4v) is 2.65. The van der Waals surface area contributed by atoms with Crippen LogP contribution in [0.15, 0.2) is 64.5 Å². The quantitative estimate of drug-likeness (QED) is 0.497. The Hall–Kier alpha value is -3.61. The Morgan fingerprint density at radius 2 is 1.77 bits per heavy atom. The van der Waals surface area contributed by atoms with E-state index < -0.39 is 5.91 Å². The molecule has 7 nitrogen and oxygen atoms in total. The van der Waals surface area contributed by atoms with Gasteiger partial charge in [0.2, 0.25) is 0 Å². The van der Waals surface area contributed by atoms with E-state index in [2.05, 4.69) is 15.6 Å². The number of hydrogen-bond donors (Lipinski definition) is 3. The van der Waals surface area contributed by atoms with Gasteiger partial charge >= 0.3 is 0 Å². The van der Waals surface area contributed by atoms with E-state index in [0.717, 1.165) is 0 Å². The molecule has 0 bridgehead atoms. The average molecular weight is 350 g/mol. The average Bonchev–Trinajstić information content (AvgIpc) is 2.95. The van der Waals surface area contributed by atoms with Crippen molar-refractivity contribution in [1.29, 1.82) is 0 Å². The maximum absolute atomic E-state index is 12.7. The molecule has 0 radical (unpaired) electrons. The van der Waals surface area contributed by atoms with Crippen molar-refractivity contribution in [2.24, 2.45) is 5.10 Å². The Morgan fingerprint density at radius 3 is 2.46 bits per heavy atom. The summed E-state index contributed by atoms with van der Waals surface area (Å²) >= 11 is 0. The molecule has 3 rings (SSSR count). The lowest BCUT2D eigenvalue weighted by Gasteiger charge is -2.03. The van der Waals surface area contributed by atoms with Crippen molar-refractivity contribution in [2.45, 2.75) is 13.8 Å². The largest absolute Gasteiger partial charge is 0.507 e. The minimum absolute atomic E-state index is 0.108. The molecule has 0 aliphatic heterocycles. The topological polar surface area (TPSA) is 99.5 Å². The number of aryl methyl sites for hydroxylation is 1. The summed E-state index contributed by atoms with van der Waals surface area (Å²) in [5.74, 6) is -0.693. The number of para-hydroxylation sites is 2. The third-order valence-corrected chi connectivity index (χ3v) is 3.92. The highest BCUT2D eigenvalue weighted by molar-refractivity contribution is 6.02. The Morgan fingerprint density at radius 1 is 1.12 bits per heavy atom. The Balaban J connectivity index is 1.89. The Bertz CT molecular complexity index is 1030. The van der Waals surface area contributed by atoms with Crippen molar-refractivity contribution in [2.75, 3.05) is 0 Å². The van der Waals surface area contributed by atoms with E-state index in [1.165, 1.54) is 16.8 Å². The summed E-state index contributed by atoms with van der Waals surface area (Å²) in [6.45, 7) is 3.40. The molecule has 1 heterocycles. The second-order valence-corrected chi connectivity index (χ2v) is 5.74. The second kappa shape index (κ2) is 7.10. The van der Waals surface area contributed by atoms with E-state index in [0.29, 0.717) is 22.7 Å². The predicted molar refractivity (Wildman–Crippen MR) is 98.9 cm³/mol. The number of nitrogens with one attached hydrogen (secondary N) is 2. The molecule has 1 amide bonds. The van der Waals surface area contributed by atoms with Gasteiger partial charge in [0.25, 0.3) is 11.5 Å². The van der Waals surface area contributed by atoms with Gasteiger partial charge in [-0.1, -0.05) is 30.3 Å². The van der Waals surface area contributed by atoms with Gasteiger partial charge < -0.3 is 5.11 Å². The number of phenolic OH excluding ortho intramolecular Hbond substituents is 1. The number of amides is 1. The monoisotopic (exact) mass is 350 g/mol.